The van der Waals surface area contributed by atoms with Gasteiger partial charge in [-0.25, -0.2) is 4.39 Å². The van der Waals surface area contributed by atoms with Crippen molar-refractivity contribution in [2.75, 3.05) is 11.9 Å². The molecule has 1 aliphatic carbocycles. The molecule has 0 aromatic heterocycles. The molecule has 3 heteroatoms. The monoisotopic (exact) mass is 250 g/mol. The second kappa shape index (κ2) is 5.70. The Morgan fingerprint density at radius 1 is 1.44 bits per heavy atom. The number of benzene rings is 1. The lowest BCUT2D eigenvalue weighted by Gasteiger charge is -2.28. The van der Waals surface area contributed by atoms with Crippen LogP contribution in [0.15, 0.2) is 18.2 Å². The van der Waals surface area contributed by atoms with E-state index in [1.807, 2.05) is 6.07 Å². The number of halogens is 1. The number of anilines is 1. The maximum atomic E-state index is 13.4. The predicted octanol–water partition coefficient (Wildman–Crippen LogP) is 3.31. The topological polar surface area (TPSA) is 15.3 Å². The summed E-state index contributed by atoms with van der Waals surface area (Å²) in [5, 5.41) is 3.46. The Hall–Kier alpha value is -1.09. The van der Waals surface area contributed by atoms with Crippen LogP contribution in [0, 0.1) is 5.82 Å². The highest BCUT2D eigenvalue weighted by atomic mass is 19.1. The Bertz CT molecular complexity index is 401. The Labute approximate surface area is 109 Å². The standard InChI is InChI=1S/C15H23FN2/c1-4-11(2)18(3)15-8-5-13(16)9-12(15)10-17-14-6-7-14/h5,8-9,11,14,17H,4,6-7,10H2,1-3H3. The molecule has 1 atom stereocenters. The summed E-state index contributed by atoms with van der Waals surface area (Å²) >= 11 is 0. The van der Waals surface area contributed by atoms with E-state index in [1.165, 1.54) is 12.8 Å². The molecular weight excluding hydrogens is 227 g/mol. The average Bonchev–Trinajstić information content (AvgIpc) is 3.18. The summed E-state index contributed by atoms with van der Waals surface area (Å²) in [5.41, 5.74) is 2.20. The Balaban J connectivity index is 2.15. The molecule has 2 rings (SSSR count). The zero-order chi connectivity index (χ0) is 13.1. The van der Waals surface area contributed by atoms with E-state index < -0.39 is 0 Å². The van der Waals surface area contributed by atoms with Crippen LogP contribution in [0.2, 0.25) is 0 Å². The highest BCUT2D eigenvalue weighted by molar-refractivity contribution is 5.54. The molecule has 1 unspecified atom stereocenters. The first kappa shape index (κ1) is 13.3. The largest absolute Gasteiger partial charge is 0.372 e. The van der Waals surface area contributed by atoms with Gasteiger partial charge in [0.05, 0.1) is 0 Å². The van der Waals surface area contributed by atoms with E-state index in [1.54, 1.807) is 12.1 Å². The summed E-state index contributed by atoms with van der Waals surface area (Å²) in [5.74, 6) is -0.149. The number of nitrogens with zero attached hydrogens (tertiary/aromatic N) is 1. The molecule has 2 nitrogen and oxygen atoms in total. The van der Waals surface area contributed by atoms with Crippen LogP contribution in [0.1, 0.15) is 38.7 Å². The molecular formula is C15H23FN2. The molecule has 0 bridgehead atoms. The molecule has 1 N–H and O–H groups in total. The molecule has 0 spiro atoms. The van der Waals surface area contributed by atoms with Crippen LogP contribution in [-0.2, 0) is 6.54 Å². The van der Waals surface area contributed by atoms with Crippen molar-refractivity contribution >= 4 is 5.69 Å². The summed E-state index contributed by atoms with van der Waals surface area (Å²) in [6.45, 7) is 5.13. The molecule has 1 saturated carbocycles. The van der Waals surface area contributed by atoms with Gasteiger partial charge < -0.3 is 10.2 Å². The van der Waals surface area contributed by atoms with Gasteiger partial charge in [0.2, 0.25) is 0 Å². The Morgan fingerprint density at radius 2 is 2.17 bits per heavy atom. The van der Waals surface area contributed by atoms with E-state index in [9.17, 15) is 4.39 Å². The number of hydrogen-bond acceptors (Lipinski definition) is 2. The Kier molecular flexibility index (Phi) is 4.23. The normalized spacial score (nSPS) is 16.7. The maximum Gasteiger partial charge on any atom is 0.123 e. The highest BCUT2D eigenvalue weighted by Crippen LogP contribution is 2.25. The van der Waals surface area contributed by atoms with Gasteiger partial charge in [0.1, 0.15) is 5.82 Å². The zero-order valence-corrected chi connectivity index (χ0v) is 11.5. The fourth-order valence-corrected chi connectivity index (χ4v) is 2.09. The molecule has 1 aromatic rings. The van der Waals surface area contributed by atoms with Gasteiger partial charge in [-0.15, -0.1) is 0 Å². The van der Waals surface area contributed by atoms with E-state index in [-0.39, 0.29) is 5.82 Å². The second-order valence-corrected chi connectivity index (χ2v) is 5.30. The van der Waals surface area contributed by atoms with Crippen molar-refractivity contribution in [2.45, 2.75) is 51.7 Å². The lowest BCUT2D eigenvalue weighted by Crippen LogP contribution is -2.29. The third kappa shape index (κ3) is 3.22. The fraction of sp³-hybridized carbons (Fsp3) is 0.600. The number of nitrogens with one attached hydrogen (secondary N) is 1. The molecule has 100 valence electrons. The molecule has 1 aromatic carbocycles. The quantitative estimate of drug-likeness (QED) is 0.833. The molecule has 0 radical (unpaired) electrons. The van der Waals surface area contributed by atoms with Gasteiger partial charge >= 0.3 is 0 Å². The summed E-state index contributed by atoms with van der Waals surface area (Å²) in [6, 6.07) is 6.22. The van der Waals surface area contributed by atoms with Gasteiger partial charge in [0, 0.05) is 31.4 Å². The van der Waals surface area contributed by atoms with Gasteiger partial charge in [0.25, 0.3) is 0 Å². The van der Waals surface area contributed by atoms with Crippen molar-refractivity contribution in [2.24, 2.45) is 0 Å². The van der Waals surface area contributed by atoms with Gasteiger partial charge in [-0.1, -0.05) is 6.92 Å². The van der Waals surface area contributed by atoms with Gasteiger partial charge in [-0.3, -0.25) is 0 Å². The Morgan fingerprint density at radius 3 is 2.78 bits per heavy atom. The van der Waals surface area contributed by atoms with Crippen LogP contribution in [0.4, 0.5) is 10.1 Å². The summed E-state index contributed by atoms with van der Waals surface area (Å²) < 4.78 is 13.4. The lowest BCUT2D eigenvalue weighted by atomic mass is 10.1. The molecule has 0 heterocycles. The third-order valence-corrected chi connectivity index (χ3v) is 3.83. The molecule has 18 heavy (non-hydrogen) atoms. The fourth-order valence-electron chi connectivity index (χ4n) is 2.09. The van der Waals surface area contributed by atoms with Crippen molar-refractivity contribution in [3.63, 3.8) is 0 Å². The third-order valence-electron chi connectivity index (χ3n) is 3.83. The van der Waals surface area contributed by atoms with Crippen LogP contribution in [-0.4, -0.2) is 19.1 Å². The summed E-state index contributed by atoms with van der Waals surface area (Å²) in [6.07, 6.45) is 3.60. The van der Waals surface area contributed by atoms with E-state index in [0.29, 0.717) is 12.1 Å². The zero-order valence-electron chi connectivity index (χ0n) is 11.5. The van der Waals surface area contributed by atoms with Gasteiger partial charge in [-0.05, 0) is 49.9 Å². The van der Waals surface area contributed by atoms with Gasteiger partial charge in [0.15, 0.2) is 0 Å². The van der Waals surface area contributed by atoms with Crippen molar-refractivity contribution in [3.8, 4) is 0 Å². The van der Waals surface area contributed by atoms with Gasteiger partial charge in [-0.2, -0.15) is 0 Å². The first-order chi connectivity index (χ1) is 8.61. The molecule has 1 fully saturated rings. The van der Waals surface area contributed by atoms with E-state index in [4.69, 9.17) is 0 Å². The van der Waals surface area contributed by atoms with Crippen LogP contribution >= 0.6 is 0 Å². The van der Waals surface area contributed by atoms with Crippen molar-refractivity contribution in [1.82, 2.24) is 5.32 Å². The second-order valence-electron chi connectivity index (χ2n) is 5.30. The lowest BCUT2D eigenvalue weighted by molar-refractivity contribution is 0.614. The molecule has 0 saturated heterocycles. The van der Waals surface area contributed by atoms with Crippen molar-refractivity contribution in [1.29, 1.82) is 0 Å². The van der Waals surface area contributed by atoms with Crippen LogP contribution in [0.3, 0.4) is 0 Å². The molecule has 0 amide bonds. The molecule has 0 aliphatic heterocycles. The highest BCUT2D eigenvalue weighted by Gasteiger charge is 2.21. The molecule has 1 aliphatic rings. The van der Waals surface area contributed by atoms with Crippen LogP contribution in [0.5, 0.6) is 0 Å². The minimum Gasteiger partial charge on any atom is -0.372 e. The SMILES string of the molecule is CCC(C)N(C)c1ccc(F)cc1CNC1CC1. The smallest absolute Gasteiger partial charge is 0.123 e. The maximum absolute atomic E-state index is 13.4. The van der Waals surface area contributed by atoms with Crippen molar-refractivity contribution < 1.29 is 4.39 Å². The van der Waals surface area contributed by atoms with E-state index in [2.05, 4.69) is 31.1 Å². The van der Waals surface area contributed by atoms with Crippen LogP contribution in [0.25, 0.3) is 0 Å². The first-order valence-electron chi connectivity index (χ1n) is 6.86. The first-order valence-corrected chi connectivity index (χ1v) is 6.86. The number of rotatable bonds is 6. The minimum absolute atomic E-state index is 0.149. The van der Waals surface area contributed by atoms with E-state index >= 15 is 0 Å². The van der Waals surface area contributed by atoms with E-state index in [0.717, 1.165) is 24.2 Å². The summed E-state index contributed by atoms with van der Waals surface area (Å²) in [4.78, 5) is 2.24. The minimum atomic E-state index is -0.149. The summed E-state index contributed by atoms with van der Waals surface area (Å²) in [7, 11) is 2.09. The van der Waals surface area contributed by atoms with Crippen molar-refractivity contribution in [3.05, 3.63) is 29.6 Å². The van der Waals surface area contributed by atoms with Crippen LogP contribution < -0.4 is 10.2 Å². The number of hydrogen-bond donors (Lipinski definition) is 1. The predicted molar refractivity (Wildman–Crippen MR) is 74.4 cm³/mol. The average molecular weight is 250 g/mol.